The van der Waals surface area contributed by atoms with Gasteiger partial charge in [0.05, 0.1) is 0 Å². The maximum absolute atomic E-state index is 10.7. The predicted octanol–water partition coefficient (Wildman–Crippen LogP) is 0.807. The SMILES string of the molecule is CCC.O=S(=O)([O-])OCF. The van der Waals surface area contributed by atoms with Gasteiger partial charge in [-0.05, 0) is 0 Å². The highest BCUT2D eigenvalue weighted by Crippen LogP contribution is 1.82. The van der Waals surface area contributed by atoms with Crippen molar-refractivity contribution >= 4 is 10.4 Å². The predicted molar refractivity (Wildman–Crippen MR) is 32.7 cm³/mol. The molecule has 0 heterocycles. The summed E-state index contributed by atoms with van der Waals surface area (Å²) in [6.45, 7) is 2.66. The molecule has 0 N–H and O–H groups in total. The molecule has 4 nitrogen and oxygen atoms in total. The third kappa shape index (κ3) is 25.0. The van der Waals surface area contributed by atoms with Crippen LogP contribution in [0.2, 0.25) is 0 Å². The molecule has 0 bridgehead atoms. The van der Waals surface area contributed by atoms with Crippen molar-refractivity contribution in [2.75, 3.05) is 6.86 Å². The summed E-state index contributed by atoms with van der Waals surface area (Å²) < 4.78 is 41.3. The van der Waals surface area contributed by atoms with Crippen molar-refractivity contribution in [1.82, 2.24) is 0 Å². The number of rotatable bonds is 2. The van der Waals surface area contributed by atoms with Gasteiger partial charge in [0.15, 0.2) is 0 Å². The lowest BCUT2D eigenvalue weighted by atomic mass is 10.6. The molecule has 0 aromatic heterocycles. The van der Waals surface area contributed by atoms with E-state index in [-0.39, 0.29) is 0 Å². The summed E-state index contributed by atoms with van der Waals surface area (Å²) in [5.41, 5.74) is 0. The maximum atomic E-state index is 10.7. The van der Waals surface area contributed by atoms with Gasteiger partial charge in [-0.15, -0.1) is 0 Å². The van der Waals surface area contributed by atoms with Crippen LogP contribution in [0, 0.1) is 0 Å². The molecular weight excluding hydrogens is 163 g/mol. The number of alkyl halides is 1. The second-order valence-corrected chi connectivity index (χ2v) is 2.39. The van der Waals surface area contributed by atoms with Crippen molar-refractivity contribution in [3.63, 3.8) is 0 Å². The molecule has 0 aliphatic heterocycles. The zero-order chi connectivity index (χ0) is 8.62. The van der Waals surface area contributed by atoms with Crippen LogP contribution in [0.25, 0.3) is 0 Å². The number of hydrogen-bond acceptors (Lipinski definition) is 4. The van der Waals surface area contributed by atoms with Gasteiger partial charge in [0.2, 0.25) is 17.3 Å². The number of hydrogen-bond donors (Lipinski definition) is 0. The molecule has 0 aliphatic carbocycles. The maximum Gasteiger partial charge on any atom is 0.220 e. The largest absolute Gasteiger partial charge is 0.725 e. The van der Waals surface area contributed by atoms with Gasteiger partial charge in [-0.3, -0.25) is 0 Å². The Morgan fingerprint density at radius 2 is 1.80 bits per heavy atom. The Kier molecular flexibility index (Phi) is 8.62. The second-order valence-electron chi connectivity index (χ2n) is 1.34. The lowest BCUT2D eigenvalue weighted by Gasteiger charge is -2.00. The van der Waals surface area contributed by atoms with Crippen molar-refractivity contribution in [3.05, 3.63) is 0 Å². The highest BCUT2D eigenvalue weighted by molar-refractivity contribution is 7.80. The normalized spacial score (nSPS) is 10.0. The van der Waals surface area contributed by atoms with E-state index >= 15 is 0 Å². The molecule has 10 heavy (non-hydrogen) atoms. The van der Waals surface area contributed by atoms with Crippen molar-refractivity contribution < 1.29 is 21.5 Å². The van der Waals surface area contributed by atoms with Crippen LogP contribution in [0.5, 0.6) is 0 Å². The van der Waals surface area contributed by atoms with E-state index in [0.29, 0.717) is 0 Å². The fourth-order valence-electron chi connectivity index (χ4n) is 0.0546. The minimum Gasteiger partial charge on any atom is -0.725 e. The molecule has 0 radical (unpaired) electrons. The average molecular weight is 173 g/mol. The van der Waals surface area contributed by atoms with E-state index in [2.05, 4.69) is 18.0 Å². The van der Waals surface area contributed by atoms with Crippen LogP contribution in [-0.4, -0.2) is 19.8 Å². The van der Waals surface area contributed by atoms with E-state index in [1.807, 2.05) is 0 Å². The second kappa shape index (κ2) is 6.91. The first-order chi connectivity index (χ1) is 4.47. The quantitative estimate of drug-likeness (QED) is 0.457. The van der Waals surface area contributed by atoms with Crippen molar-refractivity contribution in [3.8, 4) is 0 Å². The summed E-state index contributed by atoms with van der Waals surface area (Å²) in [4.78, 5) is 0. The standard InChI is InChI=1S/C3H8.CH3FO4S/c1-3-2;2-1-6-7(3,4)5/h3H2,1-2H3;1H2,(H,3,4,5)/p-1. The van der Waals surface area contributed by atoms with Gasteiger partial charge in [-0.25, -0.2) is 17.0 Å². The molecule has 6 heteroatoms. The zero-order valence-corrected chi connectivity index (χ0v) is 6.65. The van der Waals surface area contributed by atoms with Crippen LogP contribution in [0.4, 0.5) is 4.39 Å². The van der Waals surface area contributed by atoms with Gasteiger partial charge < -0.3 is 4.55 Å². The molecule has 64 valence electrons. The molecule has 0 atom stereocenters. The highest BCUT2D eigenvalue weighted by Gasteiger charge is 1.87. The Morgan fingerprint density at radius 3 is 1.80 bits per heavy atom. The first-order valence-electron chi connectivity index (χ1n) is 2.64. The summed E-state index contributed by atoms with van der Waals surface area (Å²) in [6.07, 6.45) is 1.25. The van der Waals surface area contributed by atoms with E-state index < -0.39 is 17.3 Å². The van der Waals surface area contributed by atoms with Gasteiger partial charge in [0.25, 0.3) is 0 Å². The highest BCUT2D eigenvalue weighted by atomic mass is 32.3. The Hall–Kier alpha value is -0.200. The van der Waals surface area contributed by atoms with Crippen molar-refractivity contribution in [1.29, 1.82) is 0 Å². The van der Waals surface area contributed by atoms with Gasteiger partial charge in [0.1, 0.15) is 0 Å². The summed E-state index contributed by atoms with van der Waals surface area (Å²) in [6, 6.07) is 0. The molecule has 0 saturated carbocycles. The van der Waals surface area contributed by atoms with Crippen molar-refractivity contribution in [2.24, 2.45) is 0 Å². The Morgan fingerprint density at radius 1 is 1.50 bits per heavy atom. The molecule has 0 spiro atoms. The van der Waals surface area contributed by atoms with E-state index in [0.717, 1.165) is 0 Å². The summed E-state index contributed by atoms with van der Waals surface area (Å²) in [5, 5.41) is 0. The van der Waals surface area contributed by atoms with Gasteiger partial charge in [0, 0.05) is 0 Å². The Labute approximate surface area is 60.0 Å². The topological polar surface area (TPSA) is 66.4 Å². The smallest absolute Gasteiger partial charge is 0.220 e. The molecular formula is C4H10FO4S-. The van der Waals surface area contributed by atoms with E-state index in [4.69, 9.17) is 0 Å². The van der Waals surface area contributed by atoms with Crippen LogP contribution >= 0.6 is 0 Å². The van der Waals surface area contributed by atoms with Gasteiger partial charge >= 0.3 is 0 Å². The van der Waals surface area contributed by atoms with E-state index in [1.54, 1.807) is 0 Å². The monoisotopic (exact) mass is 173 g/mol. The van der Waals surface area contributed by atoms with Crippen LogP contribution in [0.1, 0.15) is 20.3 Å². The molecule has 0 fully saturated rings. The lowest BCUT2D eigenvalue weighted by molar-refractivity contribution is 0.172. The van der Waals surface area contributed by atoms with Gasteiger partial charge in [-0.1, -0.05) is 20.3 Å². The van der Waals surface area contributed by atoms with Gasteiger partial charge in [-0.2, -0.15) is 0 Å². The van der Waals surface area contributed by atoms with Crippen molar-refractivity contribution in [2.45, 2.75) is 20.3 Å². The van der Waals surface area contributed by atoms with Crippen LogP contribution in [0.15, 0.2) is 0 Å². The molecule has 0 aromatic carbocycles. The molecule has 0 aromatic rings. The number of halogens is 1. The molecule has 0 saturated heterocycles. The lowest BCUT2D eigenvalue weighted by Crippen LogP contribution is -2.01. The molecule has 0 aliphatic rings. The summed E-state index contributed by atoms with van der Waals surface area (Å²) >= 11 is 0. The first kappa shape index (κ1) is 12.5. The molecule has 0 rings (SSSR count). The van der Waals surface area contributed by atoms with Crippen LogP contribution in [-0.2, 0) is 14.6 Å². The zero-order valence-electron chi connectivity index (χ0n) is 5.83. The van der Waals surface area contributed by atoms with E-state index in [1.165, 1.54) is 6.42 Å². The first-order valence-corrected chi connectivity index (χ1v) is 3.97. The summed E-state index contributed by atoms with van der Waals surface area (Å²) in [5.74, 6) is 0. The Balaban J connectivity index is 0. The fraction of sp³-hybridized carbons (Fsp3) is 1.00. The summed E-state index contributed by atoms with van der Waals surface area (Å²) in [7, 11) is -4.80. The third-order valence-corrected chi connectivity index (χ3v) is 0.567. The van der Waals surface area contributed by atoms with Crippen LogP contribution in [0.3, 0.4) is 0 Å². The molecule has 0 amide bonds. The van der Waals surface area contributed by atoms with Crippen LogP contribution < -0.4 is 0 Å². The molecule has 0 unspecified atom stereocenters. The van der Waals surface area contributed by atoms with E-state index in [9.17, 15) is 17.4 Å². The average Bonchev–Trinajstić information content (AvgIpc) is 1.63. The third-order valence-electron chi connectivity index (χ3n) is 0.189. The fourth-order valence-corrected chi connectivity index (χ4v) is 0.164. The minimum atomic E-state index is -4.80. The Bertz CT molecular complexity index is 141. The minimum absolute atomic E-state index is 1.25.